The normalized spacial score (nSPS) is 17.7. The fourth-order valence-corrected chi connectivity index (χ4v) is 4.94. The fraction of sp³-hybridized carbons (Fsp3) is 0.368. The summed E-state index contributed by atoms with van der Waals surface area (Å²) in [4.78, 5) is 25.6. The molecule has 0 fully saturated rings. The molecule has 2 amide bonds. The number of anilines is 1. The summed E-state index contributed by atoms with van der Waals surface area (Å²) in [6.45, 7) is 2.40. The summed E-state index contributed by atoms with van der Waals surface area (Å²) >= 11 is 1.48. The molecule has 136 valence electrons. The zero-order valence-corrected chi connectivity index (χ0v) is 15.3. The van der Waals surface area contributed by atoms with E-state index in [4.69, 9.17) is 15.2 Å². The molecule has 0 saturated carbocycles. The van der Waals surface area contributed by atoms with Gasteiger partial charge < -0.3 is 20.5 Å². The number of ether oxygens (including phenoxy) is 2. The molecule has 0 saturated heterocycles. The van der Waals surface area contributed by atoms with Gasteiger partial charge in [-0.25, -0.2) is 0 Å². The molecule has 6 nitrogen and oxygen atoms in total. The van der Waals surface area contributed by atoms with Gasteiger partial charge in [-0.05, 0) is 48.4 Å². The van der Waals surface area contributed by atoms with Crippen molar-refractivity contribution in [2.75, 3.05) is 12.1 Å². The van der Waals surface area contributed by atoms with Gasteiger partial charge in [0.05, 0.1) is 12.0 Å². The number of hydrogen-bond donors (Lipinski definition) is 2. The van der Waals surface area contributed by atoms with Gasteiger partial charge in [-0.3, -0.25) is 9.59 Å². The van der Waals surface area contributed by atoms with Crippen LogP contribution in [0.25, 0.3) is 0 Å². The van der Waals surface area contributed by atoms with Crippen LogP contribution in [0.3, 0.4) is 0 Å². The lowest BCUT2D eigenvalue weighted by Gasteiger charge is -2.18. The highest BCUT2D eigenvalue weighted by Crippen LogP contribution is 2.39. The summed E-state index contributed by atoms with van der Waals surface area (Å²) in [7, 11) is 0. The first-order chi connectivity index (χ1) is 12.5. The number of rotatable bonds is 4. The summed E-state index contributed by atoms with van der Waals surface area (Å²) in [5.41, 5.74) is 7.91. The van der Waals surface area contributed by atoms with Gasteiger partial charge in [0, 0.05) is 4.88 Å². The molecule has 0 radical (unpaired) electrons. The number of benzene rings is 1. The topological polar surface area (TPSA) is 90.7 Å². The zero-order chi connectivity index (χ0) is 18.3. The first-order valence-electron chi connectivity index (χ1n) is 8.64. The van der Waals surface area contributed by atoms with Crippen LogP contribution in [-0.2, 0) is 24.1 Å². The Bertz CT molecular complexity index is 890. The molecule has 4 rings (SSSR count). The van der Waals surface area contributed by atoms with Crippen LogP contribution < -0.4 is 20.5 Å². The van der Waals surface area contributed by atoms with E-state index in [1.807, 2.05) is 6.07 Å². The summed E-state index contributed by atoms with van der Waals surface area (Å²) < 4.78 is 10.6. The lowest BCUT2D eigenvalue weighted by molar-refractivity contribution is -0.115. The molecular weight excluding hydrogens is 352 g/mol. The van der Waals surface area contributed by atoms with Gasteiger partial charge in [0.15, 0.2) is 11.5 Å². The molecule has 1 aliphatic carbocycles. The highest BCUT2D eigenvalue weighted by Gasteiger charge is 2.27. The Morgan fingerprint density at radius 3 is 2.92 bits per heavy atom. The molecule has 1 aliphatic heterocycles. The molecule has 0 bridgehead atoms. The van der Waals surface area contributed by atoms with E-state index in [9.17, 15) is 9.59 Å². The van der Waals surface area contributed by atoms with Crippen molar-refractivity contribution in [2.24, 2.45) is 11.7 Å². The molecule has 1 aromatic heterocycles. The first kappa shape index (κ1) is 16.9. The van der Waals surface area contributed by atoms with E-state index < -0.39 is 5.91 Å². The Balaban J connectivity index is 1.53. The fourth-order valence-electron chi connectivity index (χ4n) is 3.51. The molecular formula is C19H20N2O4S. The average molecular weight is 372 g/mol. The number of primary amides is 1. The largest absolute Gasteiger partial charge is 0.454 e. The van der Waals surface area contributed by atoms with E-state index in [0.29, 0.717) is 28.0 Å². The van der Waals surface area contributed by atoms with Crippen molar-refractivity contribution < 1.29 is 19.1 Å². The van der Waals surface area contributed by atoms with Crippen molar-refractivity contribution in [1.82, 2.24) is 0 Å². The van der Waals surface area contributed by atoms with Crippen LogP contribution in [0.2, 0.25) is 0 Å². The molecule has 0 spiro atoms. The summed E-state index contributed by atoms with van der Waals surface area (Å²) in [5, 5.41) is 3.46. The molecule has 1 atom stereocenters. The summed E-state index contributed by atoms with van der Waals surface area (Å²) in [5.74, 6) is 1.26. The number of hydrogen-bond acceptors (Lipinski definition) is 5. The molecule has 3 N–H and O–H groups in total. The van der Waals surface area contributed by atoms with Crippen LogP contribution in [0.4, 0.5) is 5.00 Å². The van der Waals surface area contributed by atoms with Crippen LogP contribution in [0.15, 0.2) is 18.2 Å². The van der Waals surface area contributed by atoms with Gasteiger partial charge >= 0.3 is 0 Å². The third kappa shape index (κ3) is 3.14. The smallest absolute Gasteiger partial charge is 0.251 e. The maximum Gasteiger partial charge on any atom is 0.251 e. The first-order valence-corrected chi connectivity index (χ1v) is 9.45. The third-order valence-corrected chi connectivity index (χ3v) is 5.98. The van der Waals surface area contributed by atoms with Crippen LogP contribution in [0.1, 0.15) is 39.7 Å². The van der Waals surface area contributed by atoms with Crippen molar-refractivity contribution in [2.45, 2.75) is 32.6 Å². The highest BCUT2D eigenvalue weighted by atomic mass is 32.1. The number of carbonyl (C=O) groups excluding carboxylic acids is 2. The predicted octanol–water partition coefficient (Wildman–Crippen LogP) is 2.88. The van der Waals surface area contributed by atoms with Crippen molar-refractivity contribution in [3.63, 3.8) is 0 Å². The minimum Gasteiger partial charge on any atom is -0.454 e. The number of fused-ring (bicyclic) bond motifs is 2. The van der Waals surface area contributed by atoms with Gasteiger partial charge in [-0.15, -0.1) is 11.3 Å². The van der Waals surface area contributed by atoms with E-state index in [2.05, 4.69) is 12.2 Å². The number of amides is 2. The van der Waals surface area contributed by atoms with Gasteiger partial charge in [0.1, 0.15) is 5.00 Å². The molecule has 26 heavy (non-hydrogen) atoms. The second-order valence-electron chi connectivity index (χ2n) is 6.83. The number of carbonyl (C=O) groups is 2. The van der Waals surface area contributed by atoms with Gasteiger partial charge in [0.2, 0.25) is 12.7 Å². The minimum atomic E-state index is -0.476. The van der Waals surface area contributed by atoms with E-state index in [1.54, 1.807) is 12.1 Å². The van der Waals surface area contributed by atoms with Crippen molar-refractivity contribution in [3.05, 3.63) is 39.8 Å². The molecule has 2 heterocycles. The Morgan fingerprint density at radius 2 is 2.12 bits per heavy atom. The molecule has 2 aliphatic rings. The highest BCUT2D eigenvalue weighted by molar-refractivity contribution is 7.17. The van der Waals surface area contributed by atoms with Crippen molar-refractivity contribution in [3.8, 4) is 11.5 Å². The maximum atomic E-state index is 12.5. The van der Waals surface area contributed by atoms with E-state index in [-0.39, 0.29) is 19.1 Å². The van der Waals surface area contributed by atoms with E-state index in [1.165, 1.54) is 11.3 Å². The van der Waals surface area contributed by atoms with Crippen LogP contribution >= 0.6 is 11.3 Å². The van der Waals surface area contributed by atoms with Crippen molar-refractivity contribution in [1.29, 1.82) is 0 Å². The monoisotopic (exact) mass is 372 g/mol. The number of nitrogens with two attached hydrogens (primary N) is 1. The van der Waals surface area contributed by atoms with Gasteiger partial charge in [-0.2, -0.15) is 0 Å². The van der Waals surface area contributed by atoms with Gasteiger partial charge in [0.25, 0.3) is 5.91 Å². The molecule has 7 heteroatoms. The Kier molecular flexibility index (Phi) is 4.32. The molecule has 2 aromatic rings. The second-order valence-corrected chi connectivity index (χ2v) is 7.94. The summed E-state index contributed by atoms with van der Waals surface area (Å²) in [6.07, 6.45) is 2.99. The standard InChI is InChI=1S/C19H20N2O4S/c1-10-2-4-12-15(6-10)26-19(17(12)18(20)23)21-16(22)8-11-3-5-13-14(7-11)25-9-24-13/h3,5,7,10H,2,4,6,8-9H2,1H3,(H2,20,23)(H,21,22)/t10-/m1/s1. The zero-order valence-electron chi connectivity index (χ0n) is 14.5. The lowest BCUT2D eigenvalue weighted by atomic mass is 9.88. The predicted molar refractivity (Wildman–Crippen MR) is 98.9 cm³/mol. The summed E-state index contributed by atoms with van der Waals surface area (Å²) in [6, 6.07) is 5.44. The van der Waals surface area contributed by atoms with Gasteiger partial charge in [-0.1, -0.05) is 13.0 Å². The van der Waals surface area contributed by atoms with Crippen molar-refractivity contribution >= 4 is 28.2 Å². The number of thiophene rings is 1. The Morgan fingerprint density at radius 1 is 1.31 bits per heavy atom. The Labute approximate surface area is 155 Å². The van der Waals surface area contributed by atoms with Crippen LogP contribution in [-0.4, -0.2) is 18.6 Å². The third-order valence-electron chi connectivity index (χ3n) is 4.81. The lowest BCUT2D eigenvalue weighted by Crippen LogP contribution is -2.20. The van der Waals surface area contributed by atoms with Crippen LogP contribution in [0, 0.1) is 5.92 Å². The van der Waals surface area contributed by atoms with Crippen LogP contribution in [0.5, 0.6) is 11.5 Å². The Hall–Kier alpha value is -2.54. The second kappa shape index (κ2) is 6.64. The quantitative estimate of drug-likeness (QED) is 0.863. The van der Waals surface area contributed by atoms with E-state index >= 15 is 0 Å². The van der Waals surface area contributed by atoms with E-state index in [0.717, 1.165) is 35.3 Å². The maximum absolute atomic E-state index is 12.5. The number of nitrogens with one attached hydrogen (secondary N) is 1. The minimum absolute atomic E-state index is 0.182. The molecule has 1 aromatic carbocycles. The average Bonchev–Trinajstić information content (AvgIpc) is 3.17. The molecule has 0 unspecified atom stereocenters. The SMILES string of the molecule is C[C@@H]1CCc2c(sc(NC(=O)Cc3ccc4c(c3)OCO4)c2C(N)=O)C1.